The summed E-state index contributed by atoms with van der Waals surface area (Å²) < 4.78 is 121. The van der Waals surface area contributed by atoms with E-state index in [1.807, 2.05) is 82.2 Å². The van der Waals surface area contributed by atoms with Gasteiger partial charge in [-0.15, -0.1) is 0 Å². The van der Waals surface area contributed by atoms with Gasteiger partial charge in [0.1, 0.15) is 0 Å². The lowest BCUT2D eigenvalue weighted by molar-refractivity contribution is -0.905. The molecule has 8 heterocycles. The number of aryl methyl sites for hydroxylation is 3. The van der Waals surface area contributed by atoms with Crippen LogP contribution in [-0.4, -0.2) is 128 Å². The Morgan fingerprint density at radius 3 is 1.03 bits per heavy atom. The second-order valence-electron chi connectivity index (χ2n) is 36.9. The molecule has 8 amide bonds. The smallest absolute Gasteiger partial charge is 0.264 e. The van der Waals surface area contributed by atoms with Crippen LogP contribution >= 0.6 is 46.4 Å². The van der Waals surface area contributed by atoms with E-state index < -0.39 is 98.4 Å². The lowest BCUT2D eigenvalue weighted by Crippen LogP contribution is -2.46. The fourth-order valence-corrected chi connectivity index (χ4v) is 20.9. The van der Waals surface area contributed by atoms with Gasteiger partial charge in [-0.05, 0) is 214 Å². The van der Waals surface area contributed by atoms with Gasteiger partial charge in [0.2, 0.25) is 18.3 Å². The van der Waals surface area contributed by atoms with E-state index in [0.717, 1.165) is 52.3 Å². The summed E-state index contributed by atoms with van der Waals surface area (Å²) in [4.78, 5) is 124. The average Bonchev–Trinajstić information content (AvgIpc) is 1.59. The molecule has 16 rings (SSSR count). The summed E-state index contributed by atoms with van der Waals surface area (Å²) in [6.45, 7) is 30.3. The Morgan fingerprint density at radius 2 is 0.681 bits per heavy atom. The molecule has 0 unspecified atom stereocenters. The molecule has 0 saturated carbocycles. The number of carbonyl (C=O) groups is 8. The molecule has 0 saturated heterocycles. The van der Waals surface area contributed by atoms with Crippen molar-refractivity contribution in [1.29, 1.82) is 0 Å². The van der Waals surface area contributed by atoms with Gasteiger partial charge < -0.3 is 4.74 Å². The van der Waals surface area contributed by atoms with E-state index in [4.69, 9.17) is 51.1 Å². The maximum Gasteiger partial charge on any atom is 0.264 e. The summed E-state index contributed by atoms with van der Waals surface area (Å²) in [7, 11) is -14.7. The maximum absolute atomic E-state index is 13.6. The van der Waals surface area contributed by atoms with Crippen molar-refractivity contribution < 1.29 is 86.7 Å². The van der Waals surface area contributed by atoms with Crippen LogP contribution in [0.1, 0.15) is 229 Å². The molecule has 30 nitrogen and oxygen atoms in total. The van der Waals surface area contributed by atoms with Gasteiger partial charge in [-0.1, -0.05) is 181 Å². The number of aromatic nitrogens is 4. The van der Waals surface area contributed by atoms with Gasteiger partial charge in [0.15, 0.2) is 0 Å². The number of hydrogen-bond donors (Lipinski definition) is 5. The number of rotatable bonds is 21. The van der Waals surface area contributed by atoms with Crippen LogP contribution in [0, 0.1) is 20.8 Å². The standard InChI is InChI=1S/2C26H26ClN3O5S.C25H24ClN3O4S.C23H20ClN3O4S/c1-15-6-7-16(23(28-15)35-5)14-30-24(31)21-19(27)12-13-20(22(21)25(30)32)29-36(33,34)18-10-8-17(9-11-18)26(2,3)4;1-25(2,3)16-8-10-18(11-9-16)36(34,35)28-20-13-12-19(27)21-22(20)24(32)30(23(21)31)26(4,5)17-7-6-14-29(33)15-17;1-15-6-5-7-17(27-15)14-29-23(30)21-19(26)12-13-20(22(21)24(29)31)28-34(32,33)18-10-8-16(9-11-18)25(2,3)4;1-14-6-8-16(9-7-14)32(30,31)26-18-11-10-17(24)19-20(18)22(29)27(21(19)28)23(2,3)15-5-4-12-25-13-15/h6-13,29H,14H2,1-5H3;6-15H,1-5H3,(H-,28,32,33);5-13,28H,14H2,1-4H3;4-13,26H,1-3H3/p+1. The third-order valence-electron chi connectivity index (χ3n) is 23.4. The molecule has 4 aliphatic rings. The number of nitrogens with one attached hydrogen (secondary N) is 4. The first-order valence-electron chi connectivity index (χ1n) is 42.7. The molecule has 12 aromatic rings. The monoisotopic (exact) mass is 2020 g/mol. The Morgan fingerprint density at radius 1 is 0.355 bits per heavy atom. The number of sulfonamides is 4. The van der Waals surface area contributed by atoms with Crippen LogP contribution in [0.4, 0.5) is 22.7 Å². The zero-order valence-corrected chi connectivity index (χ0v) is 84.2. The van der Waals surface area contributed by atoms with Crippen molar-refractivity contribution in [3.8, 4) is 5.88 Å². The highest BCUT2D eigenvalue weighted by Gasteiger charge is 2.51. The van der Waals surface area contributed by atoms with E-state index in [1.165, 1.54) is 117 Å². The van der Waals surface area contributed by atoms with Gasteiger partial charge in [0.25, 0.3) is 87.4 Å². The van der Waals surface area contributed by atoms with Crippen molar-refractivity contribution in [2.45, 2.75) is 171 Å². The van der Waals surface area contributed by atoms with Crippen molar-refractivity contribution in [1.82, 2.24) is 34.6 Å². The van der Waals surface area contributed by atoms with Crippen LogP contribution in [0.5, 0.6) is 5.88 Å². The normalized spacial score (nSPS) is 13.9. The molecule has 138 heavy (non-hydrogen) atoms. The van der Waals surface area contributed by atoms with Crippen molar-refractivity contribution in [3.05, 3.63) is 346 Å². The SMILES string of the molecule is CC(C)(C)c1ccc(S(=O)(=O)Nc2ccc(Cl)c3c2C(=O)N(C(C)(C)c2ccc[n+](O)c2)C3=O)cc1.COc1nc(C)ccc1CN1C(=O)c2c(Cl)ccc(NS(=O)(=O)c3ccc(C(C)(C)C)cc3)c2C1=O.Cc1ccc(S(=O)(=O)Nc2ccc(Cl)c3c2C(=O)N(C(C)(C)c2cccnc2)C3=O)cc1.Cc1cccc(CN2C(=O)c3c(Cl)ccc(NS(=O)(=O)c4ccc(C(C)(C)C)cc4)c3C2=O)n1. The first-order valence-corrected chi connectivity index (χ1v) is 50.2. The number of pyridine rings is 4. The van der Waals surface area contributed by atoms with Gasteiger partial charge >= 0.3 is 0 Å². The van der Waals surface area contributed by atoms with E-state index in [-0.39, 0.29) is 142 Å². The van der Waals surface area contributed by atoms with Crippen LogP contribution in [0.15, 0.2) is 245 Å². The van der Waals surface area contributed by atoms with Gasteiger partial charge in [-0.25, -0.2) is 38.7 Å². The van der Waals surface area contributed by atoms with Crippen molar-refractivity contribution in [2.24, 2.45) is 0 Å². The molecule has 0 radical (unpaired) electrons. The summed E-state index contributed by atoms with van der Waals surface area (Å²) in [6.07, 6.45) is 5.96. The summed E-state index contributed by atoms with van der Waals surface area (Å²) >= 11 is 25.1. The Bertz CT molecular complexity index is 7490. The molecule has 0 spiro atoms. The molecule has 0 aliphatic carbocycles. The van der Waals surface area contributed by atoms with Crippen LogP contribution in [0.3, 0.4) is 0 Å². The summed E-state index contributed by atoms with van der Waals surface area (Å²) in [6, 6.07) is 52.4. The van der Waals surface area contributed by atoms with Crippen LogP contribution in [0.2, 0.25) is 20.1 Å². The minimum Gasteiger partial charge on any atom is -0.481 e. The highest BCUT2D eigenvalue weighted by molar-refractivity contribution is 7.93. The largest absolute Gasteiger partial charge is 0.481 e. The summed E-state index contributed by atoms with van der Waals surface area (Å²) in [5.41, 5.74) is 4.23. The topological polar surface area (TPSA) is 406 Å². The number of carbonyl (C=O) groups excluding carboxylic acids is 8. The zero-order chi connectivity index (χ0) is 101. The van der Waals surface area contributed by atoms with E-state index in [9.17, 15) is 77.2 Å². The minimum atomic E-state index is -4.07. The molecular weight excluding hydrogens is 1930 g/mol. The highest BCUT2D eigenvalue weighted by Crippen LogP contribution is 2.46. The van der Waals surface area contributed by atoms with Crippen LogP contribution in [-0.2, 0) is 80.5 Å². The Hall–Kier alpha value is -13.3. The molecule has 4 aliphatic heterocycles. The highest BCUT2D eigenvalue weighted by atomic mass is 35.5. The van der Waals surface area contributed by atoms with Crippen LogP contribution in [0.25, 0.3) is 0 Å². The number of fused-ring (bicyclic) bond motifs is 4. The number of halogens is 4. The molecule has 5 N–H and O–H groups in total. The summed E-state index contributed by atoms with van der Waals surface area (Å²) in [5.74, 6) is -4.82. The van der Waals surface area contributed by atoms with Crippen molar-refractivity contribution in [3.63, 3.8) is 0 Å². The van der Waals surface area contributed by atoms with Gasteiger partial charge in [0, 0.05) is 45.7 Å². The second kappa shape index (κ2) is 38.6. The number of nitrogens with zero attached hydrogens (tertiary/aromatic N) is 8. The number of hydrogen-bond acceptors (Lipinski definition) is 21. The lowest BCUT2D eigenvalue weighted by atomic mass is 9.87. The predicted molar refractivity (Wildman–Crippen MR) is 524 cm³/mol. The van der Waals surface area contributed by atoms with E-state index in [0.29, 0.717) is 28.1 Å². The number of methoxy groups -OCH3 is 1. The number of anilines is 4. The molecule has 38 heteroatoms. The lowest BCUT2D eigenvalue weighted by Gasteiger charge is -2.34. The van der Waals surface area contributed by atoms with E-state index >= 15 is 0 Å². The molecule has 0 fully saturated rings. The van der Waals surface area contributed by atoms with E-state index in [2.05, 4.69) is 33.8 Å². The Balaban J connectivity index is 0.000000155. The van der Waals surface area contributed by atoms with E-state index in [1.54, 1.807) is 144 Å². The molecule has 716 valence electrons. The number of ether oxygens (including phenoxy) is 1. The van der Waals surface area contributed by atoms with Crippen molar-refractivity contribution in [2.75, 3.05) is 26.0 Å². The average molecular weight is 2030 g/mol. The molecular formula is C100H97Cl4N12O18S4+. The Kier molecular flexibility index (Phi) is 28.5. The number of amides is 8. The molecule has 8 aromatic carbocycles. The van der Waals surface area contributed by atoms with Gasteiger partial charge in [-0.3, -0.25) is 92.0 Å². The molecule has 0 bridgehead atoms. The first kappa shape index (κ1) is 102. The molecule has 0 atom stereocenters. The number of imide groups is 4. The maximum atomic E-state index is 13.6. The van der Waals surface area contributed by atoms with Gasteiger partial charge in [-0.2, -0.15) is 0 Å². The summed E-state index contributed by atoms with van der Waals surface area (Å²) in [5, 5.41) is 10.1. The minimum absolute atomic E-state index is 0.00245. The van der Waals surface area contributed by atoms with Gasteiger partial charge in [0.05, 0.1) is 144 Å². The first-order chi connectivity index (χ1) is 64.4. The second-order valence-corrected chi connectivity index (χ2v) is 45.3. The fourth-order valence-electron chi connectivity index (χ4n) is 15.7. The predicted octanol–water partition coefficient (Wildman–Crippen LogP) is 18.8. The third kappa shape index (κ3) is 20.8. The number of benzene rings is 8. The zero-order valence-electron chi connectivity index (χ0n) is 77.9. The van der Waals surface area contributed by atoms with Crippen molar-refractivity contribution >= 4 is 157 Å². The quantitative estimate of drug-likeness (QED) is 0.0253. The fraction of sp³-hybridized carbons (Fsp3) is 0.240. The third-order valence-corrected chi connectivity index (χ3v) is 30.2. The molecule has 4 aromatic heterocycles. The van der Waals surface area contributed by atoms with Crippen LogP contribution < -0.4 is 28.4 Å². The Labute approximate surface area is 819 Å².